The minimum Gasteiger partial charge on any atom is -0.383 e. The lowest BCUT2D eigenvalue weighted by Crippen LogP contribution is -2.30. The normalized spacial score (nSPS) is 14.5. The Morgan fingerprint density at radius 3 is 2.65 bits per heavy atom. The third kappa shape index (κ3) is 2.85. The highest BCUT2D eigenvalue weighted by atomic mass is 19.1. The summed E-state index contributed by atoms with van der Waals surface area (Å²) >= 11 is 0. The van der Waals surface area contributed by atoms with Crippen LogP contribution in [0.5, 0.6) is 0 Å². The zero-order chi connectivity index (χ0) is 14.8. The van der Waals surface area contributed by atoms with Crippen LogP contribution >= 0.6 is 0 Å². The minimum atomic E-state index is -1.17. The van der Waals surface area contributed by atoms with Gasteiger partial charge in [0.25, 0.3) is 0 Å². The van der Waals surface area contributed by atoms with Crippen LogP contribution in [0.2, 0.25) is 0 Å². The van der Waals surface area contributed by atoms with Crippen LogP contribution < -0.4 is 0 Å². The summed E-state index contributed by atoms with van der Waals surface area (Å²) in [6.07, 6.45) is 3.34. The molecule has 0 saturated carbocycles. The average molecular weight is 278 g/mol. The van der Waals surface area contributed by atoms with Crippen LogP contribution in [0.25, 0.3) is 0 Å². The highest BCUT2D eigenvalue weighted by Gasteiger charge is 2.31. The van der Waals surface area contributed by atoms with E-state index in [0.717, 1.165) is 6.20 Å². The first-order valence-corrected chi connectivity index (χ1v) is 6.69. The Morgan fingerprint density at radius 2 is 2.10 bits per heavy atom. The molecule has 1 N–H and O–H groups in total. The van der Waals surface area contributed by atoms with E-state index in [2.05, 4.69) is 15.1 Å². The second-order valence-electron chi connectivity index (χ2n) is 5.14. The standard InChI is InChI=1S/C14H19FN4O/c1-4-14(20,12-6-5-11(15)8-16-12)7-13-17-9-18-19(13)10(2)3/h5-6,8-10,20H,4,7H2,1-3H3. The number of aromatic nitrogens is 4. The molecule has 0 aromatic carbocycles. The molecule has 108 valence electrons. The molecule has 2 rings (SSSR count). The van der Waals surface area contributed by atoms with Gasteiger partial charge in [0, 0.05) is 12.5 Å². The Morgan fingerprint density at radius 1 is 1.35 bits per heavy atom. The Bertz CT molecular complexity index is 567. The molecule has 0 spiro atoms. The van der Waals surface area contributed by atoms with Crippen molar-refractivity contribution in [3.63, 3.8) is 0 Å². The van der Waals surface area contributed by atoms with Crippen molar-refractivity contribution < 1.29 is 9.50 Å². The molecule has 2 heterocycles. The summed E-state index contributed by atoms with van der Waals surface area (Å²) in [4.78, 5) is 8.20. The zero-order valence-electron chi connectivity index (χ0n) is 11.9. The fourth-order valence-corrected chi connectivity index (χ4v) is 2.14. The zero-order valence-corrected chi connectivity index (χ0v) is 11.9. The summed E-state index contributed by atoms with van der Waals surface area (Å²) < 4.78 is 14.7. The predicted molar refractivity (Wildman–Crippen MR) is 72.5 cm³/mol. The topological polar surface area (TPSA) is 63.8 Å². The molecule has 0 saturated heterocycles. The molecule has 0 aliphatic rings. The van der Waals surface area contributed by atoms with Crippen molar-refractivity contribution in [1.29, 1.82) is 0 Å². The van der Waals surface area contributed by atoms with E-state index < -0.39 is 11.4 Å². The van der Waals surface area contributed by atoms with Crippen molar-refractivity contribution in [3.8, 4) is 0 Å². The SMILES string of the molecule is CCC(O)(Cc1ncnn1C(C)C)c1ccc(F)cn1. The van der Waals surface area contributed by atoms with Crippen LogP contribution in [0.3, 0.4) is 0 Å². The molecular formula is C14H19FN4O. The van der Waals surface area contributed by atoms with Gasteiger partial charge < -0.3 is 5.11 Å². The number of rotatable bonds is 5. The molecule has 20 heavy (non-hydrogen) atoms. The van der Waals surface area contributed by atoms with Gasteiger partial charge in [0.1, 0.15) is 23.6 Å². The summed E-state index contributed by atoms with van der Waals surface area (Å²) in [6.45, 7) is 5.86. The Kier molecular flexibility index (Phi) is 4.13. The average Bonchev–Trinajstić information content (AvgIpc) is 2.87. The van der Waals surface area contributed by atoms with Crippen LogP contribution in [0.1, 0.15) is 44.8 Å². The second-order valence-corrected chi connectivity index (χ2v) is 5.14. The number of halogens is 1. The molecule has 6 heteroatoms. The molecule has 5 nitrogen and oxygen atoms in total. The highest BCUT2D eigenvalue weighted by Crippen LogP contribution is 2.27. The molecule has 0 amide bonds. The first kappa shape index (κ1) is 14.6. The monoisotopic (exact) mass is 278 g/mol. The third-order valence-corrected chi connectivity index (χ3v) is 3.38. The van der Waals surface area contributed by atoms with Crippen LogP contribution in [0.4, 0.5) is 4.39 Å². The van der Waals surface area contributed by atoms with E-state index in [1.165, 1.54) is 18.5 Å². The fourth-order valence-electron chi connectivity index (χ4n) is 2.14. The molecular weight excluding hydrogens is 259 g/mol. The number of aliphatic hydroxyl groups is 1. The van der Waals surface area contributed by atoms with Gasteiger partial charge >= 0.3 is 0 Å². The van der Waals surface area contributed by atoms with Gasteiger partial charge in [-0.1, -0.05) is 6.92 Å². The molecule has 0 fully saturated rings. The molecule has 2 aromatic rings. The largest absolute Gasteiger partial charge is 0.383 e. The van der Waals surface area contributed by atoms with Gasteiger partial charge in [-0.05, 0) is 32.4 Å². The van der Waals surface area contributed by atoms with Crippen molar-refractivity contribution in [2.45, 2.75) is 45.3 Å². The lowest BCUT2D eigenvalue weighted by atomic mass is 9.91. The van der Waals surface area contributed by atoms with Gasteiger partial charge in [0.15, 0.2) is 0 Å². The van der Waals surface area contributed by atoms with Crippen molar-refractivity contribution in [3.05, 3.63) is 42.0 Å². The predicted octanol–water partition coefficient (Wildman–Crippen LogP) is 2.23. The van der Waals surface area contributed by atoms with E-state index in [1.807, 2.05) is 20.8 Å². The minimum absolute atomic E-state index is 0.162. The fraction of sp³-hybridized carbons (Fsp3) is 0.500. The molecule has 0 aliphatic carbocycles. The first-order chi connectivity index (χ1) is 9.46. The van der Waals surface area contributed by atoms with E-state index in [-0.39, 0.29) is 6.04 Å². The summed E-state index contributed by atoms with van der Waals surface area (Å²) in [5.41, 5.74) is -0.729. The smallest absolute Gasteiger partial charge is 0.141 e. The highest BCUT2D eigenvalue weighted by molar-refractivity contribution is 5.16. The molecule has 2 aromatic heterocycles. The molecule has 1 unspecified atom stereocenters. The number of pyridine rings is 1. The van der Waals surface area contributed by atoms with Crippen molar-refractivity contribution in [2.24, 2.45) is 0 Å². The molecule has 0 bridgehead atoms. The van der Waals surface area contributed by atoms with Crippen LogP contribution in [-0.4, -0.2) is 24.9 Å². The van der Waals surface area contributed by atoms with Gasteiger partial charge in [-0.2, -0.15) is 5.10 Å². The summed E-state index contributed by atoms with van der Waals surface area (Å²) in [5, 5.41) is 15.0. The van der Waals surface area contributed by atoms with Crippen molar-refractivity contribution >= 4 is 0 Å². The lowest BCUT2D eigenvalue weighted by molar-refractivity contribution is 0.0249. The number of hydrogen-bond acceptors (Lipinski definition) is 4. The third-order valence-electron chi connectivity index (χ3n) is 3.38. The maximum absolute atomic E-state index is 13.0. The Balaban J connectivity index is 2.31. The van der Waals surface area contributed by atoms with Gasteiger partial charge in [0.05, 0.1) is 11.9 Å². The van der Waals surface area contributed by atoms with Crippen LogP contribution in [0.15, 0.2) is 24.7 Å². The van der Waals surface area contributed by atoms with Crippen molar-refractivity contribution in [2.75, 3.05) is 0 Å². The number of nitrogens with zero attached hydrogens (tertiary/aromatic N) is 4. The van der Waals surface area contributed by atoms with Gasteiger partial charge in [-0.25, -0.2) is 14.1 Å². The van der Waals surface area contributed by atoms with E-state index in [9.17, 15) is 9.50 Å². The summed E-state index contributed by atoms with van der Waals surface area (Å²) in [7, 11) is 0. The Hall–Kier alpha value is -1.82. The number of hydrogen-bond donors (Lipinski definition) is 1. The molecule has 1 atom stereocenters. The molecule has 0 aliphatic heterocycles. The van der Waals surface area contributed by atoms with Crippen molar-refractivity contribution in [1.82, 2.24) is 19.7 Å². The Labute approximate surface area is 117 Å². The molecule has 0 radical (unpaired) electrons. The van der Waals surface area contributed by atoms with Crippen LogP contribution in [-0.2, 0) is 12.0 Å². The van der Waals surface area contributed by atoms with Gasteiger partial charge in [-0.3, -0.25) is 4.98 Å². The second kappa shape index (κ2) is 5.66. The van der Waals surface area contributed by atoms with Crippen LogP contribution in [0, 0.1) is 5.82 Å². The van der Waals surface area contributed by atoms with Gasteiger partial charge in [-0.15, -0.1) is 0 Å². The lowest BCUT2D eigenvalue weighted by Gasteiger charge is -2.26. The van der Waals surface area contributed by atoms with E-state index in [4.69, 9.17) is 0 Å². The van der Waals surface area contributed by atoms with E-state index in [1.54, 1.807) is 4.68 Å². The first-order valence-electron chi connectivity index (χ1n) is 6.69. The van der Waals surface area contributed by atoms with Gasteiger partial charge in [0.2, 0.25) is 0 Å². The maximum Gasteiger partial charge on any atom is 0.141 e. The summed E-state index contributed by atoms with van der Waals surface area (Å²) in [6, 6.07) is 2.97. The van der Waals surface area contributed by atoms with E-state index in [0.29, 0.717) is 24.4 Å². The maximum atomic E-state index is 13.0. The summed E-state index contributed by atoms with van der Waals surface area (Å²) in [5.74, 6) is 0.271. The van der Waals surface area contributed by atoms with E-state index >= 15 is 0 Å². The quantitative estimate of drug-likeness (QED) is 0.911.